The Morgan fingerprint density at radius 1 is 1.47 bits per heavy atom. The van der Waals surface area contributed by atoms with Gasteiger partial charge in [-0.2, -0.15) is 5.10 Å². The van der Waals surface area contributed by atoms with Crippen molar-refractivity contribution in [3.05, 3.63) is 40.7 Å². The van der Waals surface area contributed by atoms with Crippen LogP contribution in [0.1, 0.15) is 11.3 Å². The molecule has 0 saturated heterocycles. The van der Waals surface area contributed by atoms with Crippen molar-refractivity contribution < 1.29 is 5.11 Å². The quantitative estimate of drug-likeness (QED) is 0.825. The minimum Gasteiger partial charge on any atom is -0.506 e. The van der Waals surface area contributed by atoms with E-state index >= 15 is 0 Å². The van der Waals surface area contributed by atoms with E-state index in [-0.39, 0.29) is 5.75 Å². The van der Waals surface area contributed by atoms with Crippen LogP contribution in [0.2, 0.25) is 5.02 Å². The molecule has 1 heterocycles. The first-order valence-electron chi connectivity index (χ1n) is 5.28. The monoisotopic (exact) mass is 251 g/mol. The summed E-state index contributed by atoms with van der Waals surface area (Å²) in [5.74, 6) is 0.0924. The molecule has 0 bridgehead atoms. The molecule has 0 aliphatic carbocycles. The molecule has 0 atom stereocenters. The fourth-order valence-electron chi connectivity index (χ4n) is 1.64. The second-order valence-corrected chi connectivity index (χ2v) is 4.34. The minimum absolute atomic E-state index is 0.0924. The van der Waals surface area contributed by atoms with E-state index in [4.69, 9.17) is 11.6 Å². The number of aryl methyl sites for hydroxylation is 2. The molecular weight excluding hydrogens is 238 g/mol. The van der Waals surface area contributed by atoms with Gasteiger partial charge in [-0.3, -0.25) is 4.68 Å². The van der Waals surface area contributed by atoms with Gasteiger partial charge < -0.3 is 10.4 Å². The number of anilines is 1. The van der Waals surface area contributed by atoms with E-state index in [1.54, 1.807) is 22.9 Å². The van der Waals surface area contributed by atoms with Crippen LogP contribution in [0.25, 0.3) is 0 Å². The first-order chi connectivity index (χ1) is 8.06. The van der Waals surface area contributed by atoms with Crippen molar-refractivity contribution in [3.8, 4) is 5.75 Å². The van der Waals surface area contributed by atoms with Crippen molar-refractivity contribution in [2.45, 2.75) is 13.5 Å². The zero-order valence-corrected chi connectivity index (χ0v) is 10.5. The highest BCUT2D eigenvalue weighted by molar-refractivity contribution is 6.32. The Hall–Kier alpha value is -1.68. The second kappa shape index (κ2) is 4.67. The van der Waals surface area contributed by atoms with Gasteiger partial charge in [0.1, 0.15) is 5.75 Å². The molecule has 0 spiro atoms. The van der Waals surface area contributed by atoms with Crippen LogP contribution < -0.4 is 5.32 Å². The van der Waals surface area contributed by atoms with Gasteiger partial charge in [-0.15, -0.1) is 0 Å². The van der Waals surface area contributed by atoms with Crippen molar-refractivity contribution in [1.82, 2.24) is 9.78 Å². The number of nitrogens with one attached hydrogen (secondary N) is 1. The molecule has 4 nitrogen and oxygen atoms in total. The number of aromatic nitrogens is 2. The van der Waals surface area contributed by atoms with E-state index in [0.29, 0.717) is 11.6 Å². The van der Waals surface area contributed by atoms with Crippen LogP contribution in [0, 0.1) is 6.92 Å². The first-order valence-corrected chi connectivity index (χ1v) is 5.65. The highest BCUT2D eigenvalue weighted by Crippen LogP contribution is 2.26. The van der Waals surface area contributed by atoms with Crippen molar-refractivity contribution in [3.63, 3.8) is 0 Å². The van der Waals surface area contributed by atoms with E-state index < -0.39 is 0 Å². The van der Waals surface area contributed by atoms with Gasteiger partial charge in [-0.1, -0.05) is 11.6 Å². The van der Waals surface area contributed by atoms with E-state index in [1.165, 1.54) is 0 Å². The summed E-state index contributed by atoms with van der Waals surface area (Å²) < 4.78 is 1.79. The number of hydrogen-bond donors (Lipinski definition) is 2. The number of benzene rings is 1. The average molecular weight is 252 g/mol. The fraction of sp³-hybridized carbons (Fsp3) is 0.250. The number of nitrogens with zero attached hydrogens (tertiary/aromatic N) is 2. The van der Waals surface area contributed by atoms with Crippen LogP contribution in [0.4, 0.5) is 5.69 Å². The Balaban J connectivity index is 2.07. The lowest BCUT2D eigenvalue weighted by molar-refractivity contribution is 0.475. The largest absolute Gasteiger partial charge is 0.506 e. The zero-order valence-electron chi connectivity index (χ0n) is 9.74. The van der Waals surface area contributed by atoms with Gasteiger partial charge in [0, 0.05) is 31.0 Å². The van der Waals surface area contributed by atoms with Crippen LogP contribution in [-0.2, 0) is 13.6 Å². The standard InChI is InChI=1S/C12H14ClN3O/c1-8-9(7-16(2)15-8)6-14-10-3-4-12(17)11(13)5-10/h3-5,7,14,17H,6H2,1-2H3. The number of rotatable bonds is 3. The lowest BCUT2D eigenvalue weighted by Crippen LogP contribution is -1.99. The molecule has 0 saturated carbocycles. The SMILES string of the molecule is Cc1nn(C)cc1CNc1ccc(O)c(Cl)c1. The third kappa shape index (κ3) is 2.71. The third-order valence-electron chi connectivity index (χ3n) is 2.55. The molecule has 0 fully saturated rings. The van der Waals surface area contributed by atoms with Crippen molar-refractivity contribution in [2.75, 3.05) is 5.32 Å². The topological polar surface area (TPSA) is 50.1 Å². The molecule has 0 amide bonds. The maximum absolute atomic E-state index is 9.30. The lowest BCUT2D eigenvalue weighted by Gasteiger charge is -2.06. The number of phenols is 1. The normalized spacial score (nSPS) is 10.5. The smallest absolute Gasteiger partial charge is 0.134 e. The summed E-state index contributed by atoms with van der Waals surface area (Å²) in [5, 5.41) is 17.1. The van der Waals surface area contributed by atoms with Gasteiger partial charge in [-0.25, -0.2) is 0 Å². The predicted molar refractivity (Wildman–Crippen MR) is 68.4 cm³/mol. The number of hydrogen-bond acceptors (Lipinski definition) is 3. The Kier molecular flexibility index (Phi) is 3.24. The molecule has 17 heavy (non-hydrogen) atoms. The van der Waals surface area contributed by atoms with Gasteiger partial charge in [0.05, 0.1) is 10.7 Å². The molecule has 2 N–H and O–H groups in total. The van der Waals surface area contributed by atoms with Gasteiger partial charge >= 0.3 is 0 Å². The summed E-state index contributed by atoms with van der Waals surface area (Å²) in [4.78, 5) is 0. The number of aromatic hydroxyl groups is 1. The average Bonchev–Trinajstić information content (AvgIpc) is 2.59. The fourth-order valence-corrected chi connectivity index (χ4v) is 1.82. The molecule has 0 aliphatic heterocycles. The van der Waals surface area contributed by atoms with E-state index in [9.17, 15) is 5.11 Å². The summed E-state index contributed by atoms with van der Waals surface area (Å²) in [6.07, 6.45) is 1.98. The molecule has 2 rings (SSSR count). The highest BCUT2D eigenvalue weighted by Gasteiger charge is 2.04. The summed E-state index contributed by atoms with van der Waals surface area (Å²) in [7, 11) is 1.90. The van der Waals surface area contributed by atoms with Crippen LogP contribution in [0.15, 0.2) is 24.4 Å². The zero-order chi connectivity index (χ0) is 12.4. The summed E-state index contributed by atoms with van der Waals surface area (Å²) in [6.45, 7) is 2.65. The Labute approximate surface area is 105 Å². The molecular formula is C12H14ClN3O. The summed E-state index contributed by atoms with van der Waals surface area (Å²) >= 11 is 5.82. The molecule has 0 aliphatic rings. The maximum Gasteiger partial charge on any atom is 0.134 e. The van der Waals surface area contributed by atoms with E-state index in [0.717, 1.165) is 16.9 Å². The van der Waals surface area contributed by atoms with Crippen LogP contribution in [0.3, 0.4) is 0 Å². The number of halogens is 1. The highest BCUT2D eigenvalue weighted by atomic mass is 35.5. The van der Waals surface area contributed by atoms with Crippen LogP contribution in [-0.4, -0.2) is 14.9 Å². The molecule has 0 unspecified atom stereocenters. The lowest BCUT2D eigenvalue weighted by atomic mass is 10.2. The van der Waals surface area contributed by atoms with Crippen molar-refractivity contribution in [1.29, 1.82) is 0 Å². The molecule has 0 radical (unpaired) electrons. The van der Waals surface area contributed by atoms with Gasteiger partial charge in [-0.05, 0) is 25.1 Å². The predicted octanol–water partition coefficient (Wildman–Crippen LogP) is 2.70. The Bertz CT molecular complexity index is 537. The first kappa shape index (κ1) is 11.8. The summed E-state index contributed by atoms with van der Waals surface area (Å²) in [6, 6.07) is 5.05. The second-order valence-electron chi connectivity index (χ2n) is 3.93. The van der Waals surface area contributed by atoms with Gasteiger partial charge in [0.25, 0.3) is 0 Å². The van der Waals surface area contributed by atoms with Crippen molar-refractivity contribution in [2.24, 2.45) is 7.05 Å². The molecule has 1 aromatic carbocycles. The van der Waals surface area contributed by atoms with E-state index in [1.807, 2.05) is 20.2 Å². The minimum atomic E-state index is 0.0924. The van der Waals surface area contributed by atoms with Crippen LogP contribution >= 0.6 is 11.6 Å². The molecule has 5 heteroatoms. The maximum atomic E-state index is 9.30. The Morgan fingerprint density at radius 3 is 2.82 bits per heavy atom. The molecule has 2 aromatic rings. The van der Waals surface area contributed by atoms with Gasteiger partial charge in [0.2, 0.25) is 0 Å². The van der Waals surface area contributed by atoms with Crippen LogP contribution in [0.5, 0.6) is 5.75 Å². The summed E-state index contributed by atoms with van der Waals surface area (Å²) in [5.41, 5.74) is 3.01. The van der Waals surface area contributed by atoms with Crippen molar-refractivity contribution >= 4 is 17.3 Å². The van der Waals surface area contributed by atoms with E-state index in [2.05, 4.69) is 10.4 Å². The number of phenolic OH excluding ortho intramolecular Hbond substituents is 1. The molecule has 90 valence electrons. The third-order valence-corrected chi connectivity index (χ3v) is 2.85. The molecule has 1 aromatic heterocycles. The van der Waals surface area contributed by atoms with Gasteiger partial charge in [0.15, 0.2) is 0 Å². The Morgan fingerprint density at radius 2 is 2.24 bits per heavy atom.